The van der Waals surface area contributed by atoms with Crippen LogP contribution in [-0.2, 0) is 32.7 Å². The van der Waals surface area contributed by atoms with E-state index in [-0.39, 0.29) is 12.8 Å². The van der Waals surface area contributed by atoms with E-state index in [9.17, 15) is 44.6 Å². The molecular weight excluding hydrogens is 815 g/mol. The van der Waals surface area contributed by atoms with Crippen LogP contribution in [0.3, 0.4) is 0 Å². The predicted molar refractivity (Wildman–Crippen MR) is 244 cm³/mol. The predicted octanol–water partition coefficient (Wildman–Crippen LogP) is 9.56. The lowest BCUT2D eigenvalue weighted by molar-refractivity contribution is -0.220. The normalized spacial score (nSPS) is 22.3. The number of ether oxygens (including phenoxy) is 2. The molecule has 1 saturated carbocycles. The molecule has 6 unspecified atom stereocenters. The molecule has 0 aromatic heterocycles. The maximum atomic E-state index is 12.8. The summed E-state index contributed by atoms with van der Waals surface area (Å²) in [4.78, 5) is 35.7. The summed E-state index contributed by atoms with van der Waals surface area (Å²) in [5.74, 6) is -1.14. The van der Waals surface area contributed by atoms with Crippen LogP contribution in [0.5, 0.6) is 0 Å². The fourth-order valence-electron chi connectivity index (χ4n) is 7.10. The van der Waals surface area contributed by atoms with Crippen molar-refractivity contribution in [3.63, 3.8) is 0 Å². The average molecular weight is 901 g/mol. The monoisotopic (exact) mass is 901 g/mol. The summed E-state index contributed by atoms with van der Waals surface area (Å²) < 4.78 is 33.5. The highest BCUT2D eigenvalue weighted by molar-refractivity contribution is 7.47. The first kappa shape index (κ1) is 57.8. The van der Waals surface area contributed by atoms with Gasteiger partial charge in [-0.05, 0) is 51.4 Å². The number of esters is 2. The van der Waals surface area contributed by atoms with Crippen molar-refractivity contribution in [1.29, 1.82) is 0 Å². The number of carbonyl (C=O) groups is 2. The molecule has 1 rings (SSSR count). The summed E-state index contributed by atoms with van der Waals surface area (Å²) in [7, 11) is -5.13. The Labute approximate surface area is 373 Å². The molecule has 13 nitrogen and oxygen atoms in total. The molecule has 0 bridgehead atoms. The number of rotatable bonds is 39. The van der Waals surface area contributed by atoms with Crippen LogP contribution >= 0.6 is 7.82 Å². The second-order valence-corrected chi connectivity index (χ2v) is 18.0. The molecule has 0 aromatic rings. The summed E-state index contributed by atoms with van der Waals surface area (Å²) in [6.45, 7) is 3.16. The Kier molecular flexibility index (Phi) is 35.5. The first-order chi connectivity index (χ1) is 29.9. The second-order valence-electron chi connectivity index (χ2n) is 16.6. The minimum atomic E-state index is -5.13. The Hall–Kier alpha value is -2.19. The number of carbonyl (C=O) groups excluding carboxylic acids is 2. The van der Waals surface area contributed by atoms with E-state index in [1.807, 2.05) is 0 Å². The fraction of sp³-hybridized carbons (Fsp3) is 0.792. The van der Waals surface area contributed by atoms with Gasteiger partial charge in [-0.2, -0.15) is 0 Å². The standard InChI is InChI=1S/C48H85O13P/c1-3-5-7-9-11-13-15-17-19-20-21-23-24-26-28-30-32-34-36-41(49)58-38-40(39-59-62(56,57)61-48-46(54)44(52)43(51)45(53)47(48)55)60-42(50)37-35-33-31-29-27-25-22-18-16-14-12-10-8-6-4-2/h6,8,12,14,18,22,27,29,40,43-48,51-55H,3-5,7,9-11,13,15-17,19-21,23-26,28,30-39H2,1-2H3,(H,56,57)/b8-6-,14-12-,22-18-,29-27-. The lowest BCUT2D eigenvalue weighted by atomic mass is 9.85. The number of phosphoric acid groups is 1. The third kappa shape index (κ3) is 30.0. The van der Waals surface area contributed by atoms with E-state index in [0.717, 1.165) is 57.8 Å². The topological polar surface area (TPSA) is 210 Å². The highest BCUT2D eigenvalue weighted by atomic mass is 31.2. The third-order valence-corrected chi connectivity index (χ3v) is 11.9. The zero-order valence-corrected chi connectivity index (χ0v) is 39.0. The molecular formula is C48H85O13P. The number of allylic oxidation sites excluding steroid dienone is 8. The lowest BCUT2D eigenvalue weighted by Crippen LogP contribution is -2.64. The molecule has 6 N–H and O–H groups in total. The Morgan fingerprint density at radius 3 is 1.40 bits per heavy atom. The molecule has 0 heterocycles. The molecule has 0 aromatic carbocycles. The van der Waals surface area contributed by atoms with Crippen LogP contribution in [0.4, 0.5) is 0 Å². The van der Waals surface area contributed by atoms with Gasteiger partial charge in [0.25, 0.3) is 0 Å². The molecule has 0 saturated heterocycles. The van der Waals surface area contributed by atoms with Crippen LogP contribution in [0.25, 0.3) is 0 Å². The van der Waals surface area contributed by atoms with Crippen molar-refractivity contribution < 1.29 is 63.1 Å². The van der Waals surface area contributed by atoms with Gasteiger partial charge in [0.15, 0.2) is 6.10 Å². The zero-order valence-electron chi connectivity index (χ0n) is 38.2. The van der Waals surface area contributed by atoms with Crippen LogP contribution in [0.15, 0.2) is 48.6 Å². The molecule has 1 aliphatic carbocycles. The van der Waals surface area contributed by atoms with E-state index in [1.165, 1.54) is 89.9 Å². The minimum Gasteiger partial charge on any atom is -0.462 e. The van der Waals surface area contributed by atoms with Gasteiger partial charge in [-0.15, -0.1) is 0 Å². The lowest BCUT2D eigenvalue weighted by Gasteiger charge is -2.41. The van der Waals surface area contributed by atoms with Gasteiger partial charge >= 0.3 is 19.8 Å². The Morgan fingerprint density at radius 2 is 0.919 bits per heavy atom. The highest BCUT2D eigenvalue weighted by Gasteiger charge is 2.51. The van der Waals surface area contributed by atoms with Crippen molar-refractivity contribution in [3.8, 4) is 0 Å². The number of hydrogen-bond acceptors (Lipinski definition) is 12. The SMILES string of the molecule is CC/C=C\C/C=C\C/C=C\C/C=C\CCCCC(=O)OC(COC(=O)CCCCCCCCCCCCCCCCCCCC)COP(=O)(O)OC1C(O)C(O)C(O)C(O)C1O. The molecule has 1 fully saturated rings. The van der Waals surface area contributed by atoms with Gasteiger partial charge in [-0.3, -0.25) is 18.6 Å². The number of phosphoric ester groups is 1. The van der Waals surface area contributed by atoms with E-state index in [2.05, 4.69) is 62.5 Å². The van der Waals surface area contributed by atoms with Crippen molar-refractivity contribution >= 4 is 19.8 Å². The molecule has 62 heavy (non-hydrogen) atoms. The average Bonchev–Trinajstić information content (AvgIpc) is 3.25. The molecule has 360 valence electrons. The molecule has 0 spiro atoms. The van der Waals surface area contributed by atoms with Crippen molar-refractivity contribution in [2.45, 2.75) is 230 Å². The van der Waals surface area contributed by atoms with Crippen LogP contribution in [-0.4, -0.2) is 98.3 Å². The van der Waals surface area contributed by atoms with Gasteiger partial charge in [0.1, 0.15) is 43.2 Å². The van der Waals surface area contributed by atoms with Gasteiger partial charge in [-0.25, -0.2) is 4.57 Å². The summed E-state index contributed by atoms with van der Waals surface area (Å²) in [6.07, 6.45) is 31.7. The van der Waals surface area contributed by atoms with Gasteiger partial charge in [0.05, 0.1) is 6.61 Å². The van der Waals surface area contributed by atoms with Crippen LogP contribution in [0, 0.1) is 0 Å². The van der Waals surface area contributed by atoms with Crippen molar-refractivity contribution in [2.75, 3.05) is 13.2 Å². The van der Waals surface area contributed by atoms with Crippen LogP contribution in [0.1, 0.15) is 187 Å². The Morgan fingerprint density at radius 1 is 0.516 bits per heavy atom. The minimum absolute atomic E-state index is 0.0448. The molecule has 1 aliphatic rings. The number of unbranched alkanes of at least 4 members (excludes halogenated alkanes) is 19. The molecule has 0 amide bonds. The Bertz CT molecular complexity index is 1270. The molecule has 6 atom stereocenters. The fourth-order valence-corrected chi connectivity index (χ4v) is 8.07. The van der Waals surface area contributed by atoms with Crippen molar-refractivity contribution in [1.82, 2.24) is 0 Å². The number of aliphatic hydroxyl groups excluding tert-OH is 5. The van der Waals surface area contributed by atoms with Gasteiger partial charge < -0.3 is 39.9 Å². The number of aliphatic hydroxyl groups is 5. The quantitative estimate of drug-likeness (QED) is 0.0147. The van der Waals surface area contributed by atoms with E-state index in [0.29, 0.717) is 12.8 Å². The first-order valence-electron chi connectivity index (χ1n) is 23.9. The van der Waals surface area contributed by atoms with Gasteiger partial charge in [0.2, 0.25) is 0 Å². The summed E-state index contributed by atoms with van der Waals surface area (Å²) >= 11 is 0. The van der Waals surface area contributed by atoms with Crippen LogP contribution in [0.2, 0.25) is 0 Å². The summed E-state index contributed by atoms with van der Waals surface area (Å²) in [6, 6.07) is 0. The summed E-state index contributed by atoms with van der Waals surface area (Å²) in [5.41, 5.74) is 0. The van der Waals surface area contributed by atoms with Crippen molar-refractivity contribution in [2.24, 2.45) is 0 Å². The maximum Gasteiger partial charge on any atom is 0.472 e. The number of hydrogen-bond donors (Lipinski definition) is 6. The highest BCUT2D eigenvalue weighted by Crippen LogP contribution is 2.47. The first-order valence-corrected chi connectivity index (χ1v) is 25.4. The third-order valence-electron chi connectivity index (χ3n) is 10.9. The second kappa shape index (κ2) is 38.1. The molecule has 0 aliphatic heterocycles. The van der Waals surface area contributed by atoms with E-state index in [1.54, 1.807) is 0 Å². The maximum absolute atomic E-state index is 12.8. The zero-order chi connectivity index (χ0) is 45.7. The van der Waals surface area contributed by atoms with Gasteiger partial charge in [0, 0.05) is 12.8 Å². The van der Waals surface area contributed by atoms with Crippen molar-refractivity contribution in [3.05, 3.63) is 48.6 Å². The Balaban J connectivity index is 2.45. The van der Waals surface area contributed by atoms with E-state index >= 15 is 0 Å². The molecule has 0 radical (unpaired) electrons. The van der Waals surface area contributed by atoms with Crippen LogP contribution < -0.4 is 0 Å². The van der Waals surface area contributed by atoms with E-state index < -0.39 is 75.7 Å². The molecule has 14 heteroatoms. The van der Waals surface area contributed by atoms with Gasteiger partial charge in [-0.1, -0.05) is 172 Å². The largest absolute Gasteiger partial charge is 0.472 e. The summed E-state index contributed by atoms with van der Waals surface area (Å²) in [5, 5.41) is 50.2. The van der Waals surface area contributed by atoms with E-state index in [4.69, 9.17) is 18.5 Å². The smallest absolute Gasteiger partial charge is 0.462 e.